The monoisotopic (exact) mass is 426 g/mol. The zero-order valence-corrected chi connectivity index (χ0v) is 19.0. The number of nitrogens with zero attached hydrogens (tertiary/aromatic N) is 1. The molecule has 0 heterocycles. The van der Waals surface area contributed by atoms with Gasteiger partial charge in [0.1, 0.15) is 5.75 Å². The van der Waals surface area contributed by atoms with E-state index in [0.717, 1.165) is 30.1 Å². The van der Waals surface area contributed by atoms with Gasteiger partial charge in [0.05, 0.1) is 6.04 Å². The Kier molecular flexibility index (Phi) is 5.43. The van der Waals surface area contributed by atoms with Crippen LogP contribution in [-0.4, -0.2) is 22.6 Å². The summed E-state index contributed by atoms with van der Waals surface area (Å²) in [6.45, 7) is 5.09. The van der Waals surface area contributed by atoms with E-state index in [9.17, 15) is 15.5 Å². The van der Waals surface area contributed by atoms with Crippen LogP contribution in [0.1, 0.15) is 83.6 Å². The number of hydrogen-bond acceptors (Lipinski definition) is 4. The normalized spacial score (nSPS) is 43.3. The molecule has 3 N–H and O–H groups in total. The lowest BCUT2D eigenvalue weighted by molar-refractivity contribution is -0.991. The third-order valence-corrected chi connectivity index (χ3v) is 10.2. The summed E-state index contributed by atoms with van der Waals surface area (Å²) in [4.78, 5) is 4.97. The van der Waals surface area contributed by atoms with Gasteiger partial charge in [-0.05, 0) is 91.9 Å². The predicted molar refractivity (Wildman–Crippen MR) is 122 cm³/mol. The van der Waals surface area contributed by atoms with Crippen molar-refractivity contribution in [2.24, 2.45) is 39.5 Å². The minimum Gasteiger partial charge on any atom is -0.595 e. The topological polar surface area (TPSA) is 80.3 Å². The molecule has 31 heavy (non-hydrogen) atoms. The minimum absolute atomic E-state index is 0.0979. The van der Waals surface area contributed by atoms with E-state index in [1.165, 1.54) is 76.0 Å². The van der Waals surface area contributed by atoms with E-state index in [1.807, 2.05) is 0 Å². The van der Waals surface area contributed by atoms with Gasteiger partial charge in [0, 0.05) is 23.9 Å². The Morgan fingerprint density at radius 2 is 1.81 bits per heavy atom. The molecule has 0 radical (unpaired) electrons. The van der Waals surface area contributed by atoms with E-state index in [0.29, 0.717) is 11.0 Å². The largest absolute Gasteiger partial charge is 0.595 e. The Bertz CT molecular complexity index is 855. The molecule has 5 heteroatoms. The van der Waals surface area contributed by atoms with Crippen LogP contribution in [0, 0.1) is 39.7 Å². The first-order valence-electron chi connectivity index (χ1n) is 12.4. The highest BCUT2D eigenvalue weighted by molar-refractivity contribution is 5.84. The lowest BCUT2D eigenvalue weighted by atomic mass is 9.45. The second kappa shape index (κ2) is 7.86. The van der Waals surface area contributed by atoms with Crippen LogP contribution in [-0.2, 0) is 0 Å². The number of hydrogen-bond donors (Lipinski definition) is 3. The lowest BCUT2D eigenvalue weighted by Crippen LogP contribution is -2.99. The van der Waals surface area contributed by atoms with Gasteiger partial charge in [0.2, 0.25) is 0 Å². The summed E-state index contributed by atoms with van der Waals surface area (Å²) in [5.74, 6) is 3.55. The molecule has 5 nitrogen and oxygen atoms in total. The van der Waals surface area contributed by atoms with Crippen LogP contribution in [0.25, 0.3) is 0 Å². The molecular weight excluding hydrogens is 388 g/mol. The Morgan fingerprint density at radius 1 is 1.00 bits per heavy atom. The summed E-state index contributed by atoms with van der Waals surface area (Å²) in [6, 6.07) is 4.69. The summed E-state index contributed by atoms with van der Waals surface area (Å²) in [6.07, 6.45) is 15.3. The number of nitrogens with one attached hydrogen (secondary N) is 1. The number of quaternary nitrogens is 1. The van der Waals surface area contributed by atoms with Crippen LogP contribution >= 0.6 is 0 Å². The maximum Gasteiger partial charge on any atom is 0.164 e. The van der Waals surface area contributed by atoms with Crippen molar-refractivity contribution in [3.63, 3.8) is 0 Å². The Balaban J connectivity index is 1.36. The molecule has 5 rings (SSSR count). The molecule has 8 atom stereocenters. The second-order valence-corrected chi connectivity index (χ2v) is 11.4. The van der Waals surface area contributed by atoms with Crippen LogP contribution in [0.15, 0.2) is 23.2 Å². The Hall–Kier alpha value is -1.43. The third-order valence-electron chi connectivity index (χ3n) is 10.2. The van der Waals surface area contributed by atoms with E-state index < -0.39 is 5.23 Å². The zero-order valence-electron chi connectivity index (χ0n) is 19.0. The fourth-order valence-corrected chi connectivity index (χ4v) is 8.47. The van der Waals surface area contributed by atoms with Gasteiger partial charge in [0.25, 0.3) is 0 Å². The molecule has 0 aliphatic heterocycles. The zero-order chi connectivity index (χ0) is 21.8. The molecule has 0 bridgehead atoms. The molecule has 170 valence electrons. The molecule has 4 aliphatic rings. The van der Waals surface area contributed by atoms with Crippen molar-refractivity contribution in [1.82, 2.24) is 0 Å². The number of benzene rings is 1. The molecule has 4 aliphatic carbocycles. The Morgan fingerprint density at radius 3 is 2.61 bits per heavy atom. The lowest BCUT2D eigenvalue weighted by Gasteiger charge is -2.60. The highest BCUT2D eigenvalue weighted by Gasteiger charge is 2.59. The van der Waals surface area contributed by atoms with Gasteiger partial charge in [-0.3, -0.25) is 4.99 Å². The van der Waals surface area contributed by atoms with Crippen LogP contribution in [0.5, 0.6) is 5.75 Å². The van der Waals surface area contributed by atoms with Gasteiger partial charge in [0.15, 0.2) is 5.69 Å². The van der Waals surface area contributed by atoms with E-state index in [-0.39, 0.29) is 22.9 Å². The summed E-state index contributed by atoms with van der Waals surface area (Å²) >= 11 is 0. The fourth-order valence-electron chi connectivity index (χ4n) is 8.47. The van der Waals surface area contributed by atoms with E-state index in [1.54, 1.807) is 6.21 Å². The van der Waals surface area contributed by atoms with Gasteiger partial charge < -0.3 is 10.3 Å². The maximum atomic E-state index is 11.3. The summed E-state index contributed by atoms with van der Waals surface area (Å²) < 4.78 is 0. The van der Waals surface area contributed by atoms with E-state index >= 15 is 0 Å². The van der Waals surface area contributed by atoms with Crippen LogP contribution < -0.4 is 5.23 Å². The molecular formula is C26H38N2O3. The highest BCUT2D eigenvalue weighted by atomic mass is 16.8. The van der Waals surface area contributed by atoms with Gasteiger partial charge in [-0.25, -0.2) is 5.21 Å². The smallest absolute Gasteiger partial charge is 0.164 e. The molecule has 0 aromatic heterocycles. The molecule has 0 saturated heterocycles. The summed E-state index contributed by atoms with van der Waals surface area (Å²) in [7, 11) is 0. The number of aliphatic imine (C=N–C) groups is 1. The van der Waals surface area contributed by atoms with Crippen molar-refractivity contribution >= 4 is 11.9 Å². The maximum absolute atomic E-state index is 11.3. The third kappa shape index (κ3) is 3.44. The van der Waals surface area contributed by atoms with Gasteiger partial charge in [-0.1, -0.05) is 26.7 Å². The molecule has 1 aromatic carbocycles. The minimum atomic E-state index is -0.979. The number of fused-ring (bicyclic) bond motifs is 5. The van der Waals surface area contributed by atoms with Crippen molar-refractivity contribution in [2.75, 3.05) is 0 Å². The van der Waals surface area contributed by atoms with Gasteiger partial charge >= 0.3 is 0 Å². The van der Waals surface area contributed by atoms with E-state index in [2.05, 4.69) is 13.8 Å². The predicted octanol–water partition coefficient (Wildman–Crippen LogP) is 5.02. The molecule has 4 saturated carbocycles. The Labute approximate surface area is 186 Å². The molecule has 1 unspecified atom stereocenters. The van der Waals surface area contributed by atoms with Crippen LogP contribution in [0.3, 0.4) is 0 Å². The SMILES string of the molecule is C[C@]12CCCC[C@@H]1CC[C@H]1[C@@H]2CC[C@@]2(C)[C@@H](N=Cc3cc([NH+]([O-])O)ccc3O)CC[C@@H]12. The van der Waals surface area contributed by atoms with Crippen LogP contribution in [0.4, 0.5) is 5.69 Å². The molecule has 0 spiro atoms. The average Bonchev–Trinajstić information content (AvgIpc) is 3.09. The summed E-state index contributed by atoms with van der Waals surface area (Å²) in [5, 5.41) is 29.8. The first-order valence-corrected chi connectivity index (χ1v) is 12.4. The van der Waals surface area contributed by atoms with E-state index in [4.69, 9.17) is 4.99 Å². The van der Waals surface area contributed by atoms with Crippen molar-refractivity contribution in [3.05, 3.63) is 29.0 Å². The second-order valence-electron chi connectivity index (χ2n) is 11.4. The van der Waals surface area contributed by atoms with Gasteiger partial charge in [-0.2, -0.15) is 5.23 Å². The fraction of sp³-hybridized carbons (Fsp3) is 0.731. The average molecular weight is 427 g/mol. The number of rotatable bonds is 3. The van der Waals surface area contributed by atoms with Crippen molar-refractivity contribution in [3.8, 4) is 5.75 Å². The van der Waals surface area contributed by atoms with Crippen molar-refractivity contribution < 1.29 is 15.5 Å². The van der Waals surface area contributed by atoms with Crippen LogP contribution in [0.2, 0.25) is 0 Å². The number of phenols is 1. The standard InChI is InChI=1S/C26H38N2O3/c1-25-13-4-3-5-18(25)6-8-20-21-9-11-24(26(21,2)14-12-22(20)25)27-16-17-15-19(28(30)31)7-10-23(17)29/h7,10,15-16,18,20-22,24,28-30H,3-6,8-9,11-14H2,1-2H3/t18-,20-,21+,22+,24+,25+,26-/m1/s1. The van der Waals surface area contributed by atoms with Crippen molar-refractivity contribution in [2.45, 2.75) is 84.1 Å². The molecule has 1 aromatic rings. The highest BCUT2D eigenvalue weighted by Crippen LogP contribution is 2.66. The quantitative estimate of drug-likeness (QED) is 0.361. The first kappa shape index (κ1) is 21.4. The molecule has 4 fully saturated rings. The van der Waals surface area contributed by atoms with Gasteiger partial charge in [-0.15, -0.1) is 0 Å². The number of phenolic OH excluding ortho intramolecular Hbond substituents is 1. The molecule has 0 amide bonds. The van der Waals surface area contributed by atoms with Crippen molar-refractivity contribution in [1.29, 1.82) is 0 Å². The first-order chi connectivity index (χ1) is 14.8. The number of aromatic hydroxyl groups is 1. The summed E-state index contributed by atoms with van der Waals surface area (Å²) in [5.41, 5.74) is 1.49.